The van der Waals surface area contributed by atoms with Crippen molar-refractivity contribution in [2.75, 3.05) is 13.2 Å². The summed E-state index contributed by atoms with van der Waals surface area (Å²) in [6, 6.07) is 9.69. The molecule has 98 valence electrons. The van der Waals surface area contributed by atoms with E-state index >= 15 is 0 Å². The fourth-order valence-corrected chi connectivity index (χ4v) is 2.12. The molecule has 0 saturated carbocycles. The summed E-state index contributed by atoms with van der Waals surface area (Å²) in [5.41, 5.74) is 1.05. The Balaban J connectivity index is 1.93. The van der Waals surface area contributed by atoms with Crippen LogP contribution in [0.25, 0.3) is 0 Å². The largest absolute Gasteiger partial charge is 0.452 e. The van der Waals surface area contributed by atoms with Gasteiger partial charge in [0.05, 0.1) is 5.92 Å². The molecule has 1 aliphatic rings. The molecule has 4 heteroatoms. The minimum absolute atomic E-state index is 0.0217. The van der Waals surface area contributed by atoms with Crippen molar-refractivity contribution in [2.45, 2.75) is 13.0 Å². The Bertz CT molecular complexity index is 504. The van der Waals surface area contributed by atoms with E-state index in [4.69, 9.17) is 11.2 Å². The zero-order valence-corrected chi connectivity index (χ0v) is 10.5. The van der Waals surface area contributed by atoms with E-state index < -0.39 is 5.92 Å². The van der Waals surface area contributed by atoms with Crippen molar-refractivity contribution in [3.8, 4) is 12.3 Å². The smallest absolute Gasteiger partial charge is 0.312 e. The van der Waals surface area contributed by atoms with E-state index in [1.165, 1.54) is 0 Å². The van der Waals surface area contributed by atoms with Crippen LogP contribution < -0.4 is 0 Å². The molecule has 0 N–H and O–H groups in total. The number of benzene rings is 1. The number of hydrogen-bond donors (Lipinski definition) is 0. The molecule has 1 unspecified atom stereocenters. The lowest BCUT2D eigenvalue weighted by Crippen LogP contribution is -2.26. The van der Waals surface area contributed by atoms with Crippen LogP contribution in [-0.4, -0.2) is 29.9 Å². The molecule has 0 aliphatic carbocycles. The van der Waals surface area contributed by atoms with Gasteiger partial charge in [0.2, 0.25) is 5.91 Å². The van der Waals surface area contributed by atoms with E-state index in [1.54, 1.807) is 4.90 Å². The number of esters is 1. The van der Waals surface area contributed by atoms with E-state index in [1.807, 2.05) is 30.3 Å². The van der Waals surface area contributed by atoms with Gasteiger partial charge in [-0.05, 0) is 5.56 Å². The zero-order chi connectivity index (χ0) is 13.7. The summed E-state index contributed by atoms with van der Waals surface area (Å²) < 4.78 is 4.87. The number of nitrogens with zero attached hydrogens (tertiary/aromatic N) is 1. The van der Waals surface area contributed by atoms with Crippen molar-refractivity contribution in [3.05, 3.63) is 35.9 Å². The molecule has 1 aromatic rings. The van der Waals surface area contributed by atoms with Gasteiger partial charge in [-0.25, -0.2) is 0 Å². The summed E-state index contributed by atoms with van der Waals surface area (Å²) in [6.07, 6.45) is 5.23. The van der Waals surface area contributed by atoms with E-state index in [2.05, 4.69) is 5.92 Å². The van der Waals surface area contributed by atoms with Gasteiger partial charge < -0.3 is 9.64 Å². The van der Waals surface area contributed by atoms with Gasteiger partial charge in [0.1, 0.15) is 0 Å². The Morgan fingerprint density at radius 3 is 2.84 bits per heavy atom. The number of hydrogen-bond acceptors (Lipinski definition) is 3. The molecule has 0 bridgehead atoms. The molecule has 1 aliphatic heterocycles. The molecular weight excluding hydrogens is 242 g/mol. The molecular formula is C15H15NO3. The average Bonchev–Trinajstić information content (AvgIpc) is 2.79. The number of rotatable bonds is 4. The van der Waals surface area contributed by atoms with Gasteiger partial charge in [-0.2, -0.15) is 0 Å². The Morgan fingerprint density at radius 2 is 2.16 bits per heavy atom. The first kappa shape index (κ1) is 13.2. The van der Waals surface area contributed by atoms with Crippen molar-refractivity contribution in [2.24, 2.45) is 5.92 Å². The third-order valence-corrected chi connectivity index (χ3v) is 3.06. The second-order valence-corrected chi connectivity index (χ2v) is 4.47. The average molecular weight is 257 g/mol. The topological polar surface area (TPSA) is 46.6 Å². The van der Waals surface area contributed by atoms with Crippen molar-refractivity contribution < 1.29 is 14.3 Å². The van der Waals surface area contributed by atoms with Crippen molar-refractivity contribution in [1.82, 2.24) is 4.90 Å². The van der Waals surface area contributed by atoms with Crippen molar-refractivity contribution in [3.63, 3.8) is 0 Å². The number of carbonyl (C=O) groups is 2. The monoisotopic (exact) mass is 257 g/mol. The van der Waals surface area contributed by atoms with Crippen molar-refractivity contribution in [1.29, 1.82) is 0 Å². The van der Waals surface area contributed by atoms with Crippen molar-refractivity contribution >= 4 is 11.9 Å². The predicted octanol–water partition coefficient (Wildman–Crippen LogP) is 1.21. The Morgan fingerprint density at radius 1 is 1.42 bits per heavy atom. The van der Waals surface area contributed by atoms with E-state index in [0.29, 0.717) is 13.1 Å². The molecule has 19 heavy (non-hydrogen) atoms. The minimum Gasteiger partial charge on any atom is -0.452 e. The van der Waals surface area contributed by atoms with Gasteiger partial charge in [0.25, 0.3) is 0 Å². The minimum atomic E-state index is -0.399. The highest BCUT2D eigenvalue weighted by molar-refractivity contribution is 5.86. The summed E-state index contributed by atoms with van der Waals surface area (Å²) >= 11 is 0. The summed E-state index contributed by atoms with van der Waals surface area (Å²) in [5, 5.41) is 0. The van der Waals surface area contributed by atoms with E-state index in [9.17, 15) is 9.59 Å². The predicted molar refractivity (Wildman–Crippen MR) is 69.8 cm³/mol. The van der Waals surface area contributed by atoms with Crippen LogP contribution in [-0.2, 0) is 20.9 Å². The number of carbonyl (C=O) groups excluding carboxylic acids is 2. The number of terminal acetylenes is 1. The quantitative estimate of drug-likeness (QED) is 0.601. The lowest BCUT2D eigenvalue weighted by Gasteiger charge is -2.16. The maximum absolute atomic E-state index is 11.8. The number of ether oxygens (including phenoxy) is 1. The first-order valence-electron chi connectivity index (χ1n) is 6.12. The van der Waals surface area contributed by atoms with Crippen LogP contribution in [0, 0.1) is 18.3 Å². The molecule has 4 nitrogen and oxygen atoms in total. The molecule has 0 radical (unpaired) electrons. The molecule has 1 aromatic carbocycles. The van der Waals surface area contributed by atoms with Crippen LogP contribution in [0.1, 0.15) is 12.0 Å². The van der Waals surface area contributed by atoms with Crippen LogP contribution in [0.15, 0.2) is 30.3 Å². The summed E-state index contributed by atoms with van der Waals surface area (Å²) in [4.78, 5) is 25.2. The second-order valence-electron chi connectivity index (χ2n) is 4.47. The van der Waals surface area contributed by atoms with Gasteiger partial charge in [-0.15, -0.1) is 6.42 Å². The maximum Gasteiger partial charge on any atom is 0.312 e. The molecule has 0 spiro atoms. The molecule has 1 fully saturated rings. The standard InChI is InChI=1S/C15H15NO3/c1-2-8-19-15(18)13-9-14(17)16(11-13)10-12-6-4-3-5-7-12/h1,3-7,13H,8-11H2. The lowest BCUT2D eigenvalue weighted by molar-refractivity contribution is -0.146. The fourth-order valence-electron chi connectivity index (χ4n) is 2.12. The molecule has 2 rings (SSSR count). The summed E-state index contributed by atoms with van der Waals surface area (Å²) in [6.45, 7) is 0.887. The van der Waals surface area contributed by atoms with Crippen LogP contribution in [0.3, 0.4) is 0 Å². The molecule has 0 aromatic heterocycles. The van der Waals surface area contributed by atoms with E-state index in [0.717, 1.165) is 5.56 Å². The normalized spacial score (nSPS) is 18.2. The van der Waals surface area contributed by atoms with Gasteiger partial charge in [0.15, 0.2) is 6.61 Å². The molecule has 1 amide bonds. The Hall–Kier alpha value is -2.28. The maximum atomic E-state index is 11.8. The third-order valence-electron chi connectivity index (χ3n) is 3.06. The Kier molecular flexibility index (Phi) is 4.19. The van der Waals surface area contributed by atoms with Gasteiger partial charge in [0, 0.05) is 19.5 Å². The molecule has 1 atom stereocenters. The number of likely N-dealkylation sites (tertiary alicyclic amines) is 1. The van der Waals surface area contributed by atoms with E-state index in [-0.39, 0.29) is 24.9 Å². The van der Waals surface area contributed by atoms with Crippen LogP contribution >= 0.6 is 0 Å². The Labute approximate surface area is 112 Å². The first-order chi connectivity index (χ1) is 9.20. The summed E-state index contributed by atoms with van der Waals surface area (Å²) in [5.74, 6) is 1.44. The van der Waals surface area contributed by atoms with Gasteiger partial charge in [-0.1, -0.05) is 36.3 Å². The summed E-state index contributed by atoms with van der Waals surface area (Å²) in [7, 11) is 0. The van der Waals surface area contributed by atoms with Crippen LogP contribution in [0.4, 0.5) is 0 Å². The van der Waals surface area contributed by atoms with Crippen LogP contribution in [0.2, 0.25) is 0 Å². The second kappa shape index (κ2) is 6.05. The first-order valence-corrected chi connectivity index (χ1v) is 6.12. The SMILES string of the molecule is C#CCOC(=O)C1CC(=O)N(Cc2ccccc2)C1. The molecule has 1 heterocycles. The number of amides is 1. The highest BCUT2D eigenvalue weighted by Gasteiger charge is 2.35. The zero-order valence-electron chi connectivity index (χ0n) is 10.5. The fraction of sp³-hybridized carbons (Fsp3) is 0.333. The molecule has 1 saturated heterocycles. The third kappa shape index (κ3) is 3.35. The van der Waals surface area contributed by atoms with Gasteiger partial charge >= 0.3 is 5.97 Å². The van der Waals surface area contributed by atoms with Crippen LogP contribution in [0.5, 0.6) is 0 Å². The lowest BCUT2D eigenvalue weighted by atomic mass is 10.1. The van der Waals surface area contributed by atoms with Gasteiger partial charge in [-0.3, -0.25) is 9.59 Å². The highest BCUT2D eigenvalue weighted by Crippen LogP contribution is 2.21. The highest BCUT2D eigenvalue weighted by atomic mass is 16.5.